The Hall–Kier alpha value is -1.64. The van der Waals surface area contributed by atoms with Crippen molar-refractivity contribution < 1.29 is 22.7 Å². The van der Waals surface area contributed by atoms with Crippen LogP contribution in [-0.2, 0) is 19.7 Å². The monoisotopic (exact) mass is 314 g/mol. The van der Waals surface area contributed by atoms with E-state index in [-0.39, 0.29) is 19.6 Å². The number of para-hydroxylation sites is 1. The largest absolute Gasteiger partial charge is 0.491 e. The molecule has 21 heavy (non-hydrogen) atoms. The minimum absolute atomic E-state index is 0.00562. The van der Waals surface area contributed by atoms with Crippen molar-refractivity contribution >= 4 is 16.2 Å². The molecule has 0 aromatic heterocycles. The van der Waals surface area contributed by atoms with E-state index >= 15 is 0 Å². The van der Waals surface area contributed by atoms with Crippen molar-refractivity contribution in [2.45, 2.75) is 12.5 Å². The first-order chi connectivity index (χ1) is 9.94. The van der Waals surface area contributed by atoms with E-state index in [1.54, 1.807) is 6.07 Å². The van der Waals surface area contributed by atoms with Crippen molar-refractivity contribution in [3.8, 4) is 5.75 Å². The lowest BCUT2D eigenvalue weighted by molar-refractivity contribution is -0.140. The van der Waals surface area contributed by atoms with Gasteiger partial charge in [-0.1, -0.05) is 18.2 Å². The fraction of sp³-hybridized carbons (Fsp3) is 0.462. The molecule has 0 bridgehead atoms. The number of methoxy groups -OCH3 is 1. The summed E-state index contributed by atoms with van der Waals surface area (Å²) < 4.78 is 38.0. The Balaban J connectivity index is 2.00. The summed E-state index contributed by atoms with van der Waals surface area (Å²) in [6.45, 7) is 0.306. The van der Waals surface area contributed by atoms with Crippen molar-refractivity contribution in [3.63, 3.8) is 0 Å². The van der Waals surface area contributed by atoms with Gasteiger partial charge in [0.25, 0.3) is 10.2 Å². The van der Waals surface area contributed by atoms with Crippen LogP contribution >= 0.6 is 0 Å². The maximum atomic E-state index is 12.2. The third-order valence-electron chi connectivity index (χ3n) is 3.26. The van der Waals surface area contributed by atoms with Gasteiger partial charge >= 0.3 is 5.97 Å². The summed E-state index contributed by atoms with van der Waals surface area (Å²) in [4.78, 5) is 11.1. The number of esters is 1. The van der Waals surface area contributed by atoms with E-state index in [9.17, 15) is 13.2 Å². The lowest BCUT2D eigenvalue weighted by Gasteiger charge is -2.19. The molecule has 0 amide bonds. The third-order valence-corrected chi connectivity index (χ3v) is 4.85. The van der Waals surface area contributed by atoms with Gasteiger partial charge in [0.2, 0.25) is 0 Å². The number of nitrogens with zero attached hydrogens (tertiary/aromatic N) is 1. The Bertz CT molecular complexity index is 617. The van der Waals surface area contributed by atoms with Crippen molar-refractivity contribution in [3.05, 3.63) is 29.8 Å². The van der Waals surface area contributed by atoms with Crippen LogP contribution in [0.5, 0.6) is 5.75 Å². The number of hydrogen-bond donors (Lipinski definition) is 1. The Labute approximate surface area is 124 Å². The number of ether oxygens (including phenoxy) is 2. The number of hydrogen-bond acceptors (Lipinski definition) is 5. The zero-order chi connectivity index (χ0) is 15.5. The zero-order valence-corrected chi connectivity index (χ0v) is 12.7. The van der Waals surface area contributed by atoms with Crippen LogP contribution in [0.2, 0.25) is 0 Å². The number of benzene rings is 1. The van der Waals surface area contributed by atoms with Crippen LogP contribution in [0.15, 0.2) is 24.3 Å². The second kappa shape index (κ2) is 6.42. The molecule has 116 valence electrons. The summed E-state index contributed by atoms with van der Waals surface area (Å²) in [7, 11) is -1.02. The highest BCUT2D eigenvalue weighted by atomic mass is 32.2. The minimum atomic E-state index is -3.69. The van der Waals surface area contributed by atoms with Crippen molar-refractivity contribution in [1.82, 2.24) is 9.03 Å². The van der Waals surface area contributed by atoms with E-state index in [0.29, 0.717) is 5.75 Å². The summed E-state index contributed by atoms with van der Waals surface area (Å²) in [6, 6.07) is 6.86. The maximum Gasteiger partial charge on any atom is 0.306 e. The fourth-order valence-electron chi connectivity index (χ4n) is 2.00. The number of nitrogens with one attached hydrogen (secondary N) is 1. The molecule has 0 radical (unpaired) electrons. The first-order valence-electron chi connectivity index (χ1n) is 6.46. The molecule has 1 N–H and O–H groups in total. The molecule has 0 fully saturated rings. The Morgan fingerprint density at radius 3 is 2.90 bits per heavy atom. The summed E-state index contributed by atoms with van der Waals surface area (Å²) in [5, 5.41) is 0. The van der Waals surface area contributed by atoms with Crippen molar-refractivity contribution in [2.75, 3.05) is 27.3 Å². The molecule has 1 atom stereocenters. The smallest absolute Gasteiger partial charge is 0.306 e. The quantitative estimate of drug-likeness (QED) is 0.771. The van der Waals surface area contributed by atoms with Crippen molar-refractivity contribution in [1.29, 1.82) is 0 Å². The molecule has 1 aromatic rings. The molecule has 1 unspecified atom stereocenters. The maximum absolute atomic E-state index is 12.2. The molecule has 1 aromatic carbocycles. The number of carbonyl (C=O) groups is 1. The van der Waals surface area contributed by atoms with Crippen LogP contribution in [0.25, 0.3) is 0 Å². The van der Waals surface area contributed by atoms with E-state index in [4.69, 9.17) is 4.74 Å². The summed E-state index contributed by atoms with van der Waals surface area (Å²) in [6.07, 6.45) is 0.00562. The van der Waals surface area contributed by atoms with Crippen LogP contribution in [0.3, 0.4) is 0 Å². The van der Waals surface area contributed by atoms with Gasteiger partial charge in [0.05, 0.1) is 19.6 Å². The topological polar surface area (TPSA) is 84.9 Å². The molecule has 0 aliphatic carbocycles. The summed E-state index contributed by atoms with van der Waals surface area (Å²) in [5.41, 5.74) is 0.808. The first-order valence-corrected chi connectivity index (χ1v) is 7.90. The van der Waals surface area contributed by atoms with Gasteiger partial charge in [-0.25, -0.2) is 0 Å². The Morgan fingerprint density at radius 2 is 2.19 bits per heavy atom. The standard InChI is InChI=1S/C13H18N2O5S/c1-15(8-7-13(16)19-2)21(17,18)14-11-9-20-12-6-4-3-5-10(11)12/h3-6,11,14H,7-9H2,1-2H3. The highest BCUT2D eigenvalue weighted by molar-refractivity contribution is 7.87. The van der Waals surface area contributed by atoms with Gasteiger partial charge in [-0.3, -0.25) is 4.79 Å². The minimum Gasteiger partial charge on any atom is -0.491 e. The highest BCUT2D eigenvalue weighted by Gasteiger charge is 2.29. The molecule has 0 saturated heterocycles. The van der Waals surface area contributed by atoms with Gasteiger partial charge in [-0.2, -0.15) is 17.4 Å². The van der Waals surface area contributed by atoms with Crippen LogP contribution in [0.4, 0.5) is 0 Å². The molecule has 0 spiro atoms. The summed E-state index contributed by atoms with van der Waals surface area (Å²) >= 11 is 0. The number of rotatable bonds is 6. The van der Waals surface area contributed by atoms with Gasteiger partial charge in [0.15, 0.2) is 0 Å². The van der Waals surface area contributed by atoms with Crippen LogP contribution < -0.4 is 9.46 Å². The van der Waals surface area contributed by atoms with Crippen LogP contribution in [-0.4, -0.2) is 46.0 Å². The normalized spacial score (nSPS) is 17.4. The molecule has 0 saturated carbocycles. The molecular weight excluding hydrogens is 296 g/mol. The second-order valence-corrected chi connectivity index (χ2v) is 6.48. The molecule has 8 heteroatoms. The molecule has 1 aliphatic rings. The lowest BCUT2D eigenvalue weighted by atomic mass is 10.1. The molecule has 2 rings (SSSR count). The Kier molecular flexibility index (Phi) is 4.81. The average molecular weight is 314 g/mol. The predicted octanol–water partition coefficient (Wildman–Crippen LogP) is 0.449. The Morgan fingerprint density at radius 1 is 1.48 bits per heavy atom. The van der Waals surface area contributed by atoms with E-state index in [1.165, 1.54) is 14.2 Å². The average Bonchev–Trinajstić information content (AvgIpc) is 2.87. The fourth-order valence-corrected chi connectivity index (χ4v) is 3.07. The first kappa shape index (κ1) is 15.7. The third kappa shape index (κ3) is 3.72. The SMILES string of the molecule is COC(=O)CCN(C)S(=O)(=O)NC1COc2ccccc21. The van der Waals surface area contributed by atoms with E-state index in [1.807, 2.05) is 18.2 Å². The van der Waals surface area contributed by atoms with Gasteiger partial charge in [-0.15, -0.1) is 0 Å². The van der Waals surface area contributed by atoms with Gasteiger partial charge in [-0.05, 0) is 6.07 Å². The molecular formula is C13H18N2O5S. The zero-order valence-electron chi connectivity index (χ0n) is 11.9. The van der Waals surface area contributed by atoms with Crippen LogP contribution in [0.1, 0.15) is 18.0 Å². The summed E-state index contributed by atoms with van der Waals surface area (Å²) in [5.74, 6) is 0.231. The van der Waals surface area contributed by atoms with Gasteiger partial charge < -0.3 is 9.47 Å². The van der Waals surface area contributed by atoms with Crippen molar-refractivity contribution in [2.24, 2.45) is 0 Å². The van der Waals surface area contributed by atoms with Gasteiger partial charge in [0.1, 0.15) is 12.4 Å². The molecule has 1 heterocycles. The van der Waals surface area contributed by atoms with Gasteiger partial charge in [0, 0.05) is 19.2 Å². The second-order valence-electron chi connectivity index (χ2n) is 4.67. The predicted molar refractivity (Wildman–Crippen MR) is 76.0 cm³/mol. The highest BCUT2D eigenvalue weighted by Crippen LogP contribution is 2.32. The van der Waals surface area contributed by atoms with E-state index < -0.39 is 22.2 Å². The van der Waals surface area contributed by atoms with E-state index in [0.717, 1.165) is 9.87 Å². The van der Waals surface area contributed by atoms with E-state index in [2.05, 4.69) is 9.46 Å². The molecule has 7 nitrogen and oxygen atoms in total. The number of fused-ring (bicyclic) bond motifs is 1. The number of carbonyl (C=O) groups excluding carboxylic acids is 1. The lowest BCUT2D eigenvalue weighted by Crippen LogP contribution is -2.41. The molecule has 1 aliphatic heterocycles. The van der Waals surface area contributed by atoms with Crippen LogP contribution in [0, 0.1) is 0 Å².